The standard InChI is InChI=1S/C11H11N3O3S/c15-11-5-4-10(8-13-11)18(16,17)14-7-9-3-1-2-6-12-9/h1-6,8,14H,7H2,(H,13,15). The molecule has 0 bridgehead atoms. The van der Waals surface area contributed by atoms with Crippen molar-refractivity contribution in [3.8, 4) is 0 Å². The van der Waals surface area contributed by atoms with Crippen molar-refractivity contribution in [1.82, 2.24) is 14.7 Å². The molecule has 0 spiro atoms. The van der Waals surface area contributed by atoms with Crippen molar-refractivity contribution in [3.05, 3.63) is 58.8 Å². The van der Waals surface area contributed by atoms with Crippen molar-refractivity contribution in [1.29, 1.82) is 0 Å². The van der Waals surface area contributed by atoms with Crippen LogP contribution in [0.3, 0.4) is 0 Å². The van der Waals surface area contributed by atoms with Gasteiger partial charge in [-0.2, -0.15) is 0 Å². The summed E-state index contributed by atoms with van der Waals surface area (Å²) in [7, 11) is -3.64. The summed E-state index contributed by atoms with van der Waals surface area (Å²) >= 11 is 0. The van der Waals surface area contributed by atoms with E-state index in [0.717, 1.165) is 12.3 Å². The maximum atomic E-state index is 11.9. The van der Waals surface area contributed by atoms with Gasteiger partial charge < -0.3 is 4.98 Å². The molecule has 7 heteroatoms. The van der Waals surface area contributed by atoms with Crippen LogP contribution in [0.25, 0.3) is 0 Å². The number of aromatic nitrogens is 2. The lowest BCUT2D eigenvalue weighted by atomic mass is 10.4. The van der Waals surface area contributed by atoms with Gasteiger partial charge in [-0.3, -0.25) is 9.78 Å². The van der Waals surface area contributed by atoms with Crippen LogP contribution < -0.4 is 10.3 Å². The van der Waals surface area contributed by atoms with Crippen LogP contribution in [0.4, 0.5) is 0 Å². The van der Waals surface area contributed by atoms with Crippen LogP contribution in [0.5, 0.6) is 0 Å². The highest BCUT2D eigenvalue weighted by atomic mass is 32.2. The van der Waals surface area contributed by atoms with Gasteiger partial charge in [0.25, 0.3) is 0 Å². The van der Waals surface area contributed by atoms with Gasteiger partial charge in [0.15, 0.2) is 0 Å². The monoisotopic (exact) mass is 265 g/mol. The van der Waals surface area contributed by atoms with Crippen LogP contribution >= 0.6 is 0 Å². The number of hydrogen-bond donors (Lipinski definition) is 2. The SMILES string of the molecule is O=c1ccc(S(=O)(=O)NCc2ccccn2)c[nH]1. The van der Waals surface area contributed by atoms with E-state index in [9.17, 15) is 13.2 Å². The summed E-state index contributed by atoms with van der Waals surface area (Å²) in [6.07, 6.45) is 2.74. The average molecular weight is 265 g/mol. The molecule has 0 aliphatic carbocycles. The normalized spacial score (nSPS) is 11.3. The fourth-order valence-corrected chi connectivity index (χ4v) is 2.28. The number of sulfonamides is 1. The third-order valence-electron chi connectivity index (χ3n) is 2.24. The molecule has 18 heavy (non-hydrogen) atoms. The van der Waals surface area contributed by atoms with E-state index in [1.807, 2.05) is 0 Å². The summed E-state index contributed by atoms with van der Waals surface area (Å²) in [5.74, 6) is 0. The largest absolute Gasteiger partial charge is 0.328 e. The number of nitrogens with one attached hydrogen (secondary N) is 2. The van der Waals surface area contributed by atoms with Crippen LogP contribution in [0, 0.1) is 0 Å². The zero-order chi connectivity index (χ0) is 13.0. The molecule has 0 saturated carbocycles. The van der Waals surface area contributed by atoms with E-state index in [2.05, 4.69) is 14.7 Å². The fourth-order valence-electron chi connectivity index (χ4n) is 1.32. The number of rotatable bonds is 4. The van der Waals surface area contributed by atoms with Crippen LogP contribution in [-0.4, -0.2) is 18.4 Å². The molecule has 0 radical (unpaired) electrons. The molecule has 0 aliphatic rings. The van der Waals surface area contributed by atoms with Gasteiger partial charge >= 0.3 is 0 Å². The van der Waals surface area contributed by atoms with E-state index >= 15 is 0 Å². The molecule has 0 saturated heterocycles. The summed E-state index contributed by atoms with van der Waals surface area (Å²) in [6.45, 7) is 0.0995. The highest BCUT2D eigenvalue weighted by Gasteiger charge is 2.13. The maximum absolute atomic E-state index is 11.9. The molecule has 0 unspecified atom stereocenters. The second-order valence-corrected chi connectivity index (χ2v) is 5.30. The molecule has 6 nitrogen and oxygen atoms in total. The number of pyridine rings is 2. The molecule has 2 aromatic rings. The molecule has 0 fully saturated rings. The maximum Gasteiger partial charge on any atom is 0.247 e. The van der Waals surface area contributed by atoms with Gasteiger partial charge in [-0.1, -0.05) is 6.07 Å². The number of hydrogen-bond acceptors (Lipinski definition) is 4. The smallest absolute Gasteiger partial charge is 0.247 e. The summed E-state index contributed by atoms with van der Waals surface area (Å²) in [5, 5.41) is 0. The van der Waals surface area contributed by atoms with Gasteiger partial charge in [-0.15, -0.1) is 0 Å². The topological polar surface area (TPSA) is 91.9 Å². The predicted octanol–water partition coefficient (Wildman–Crippen LogP) is 0.248. The van der Waals surface area contributed by atoms with Gasteiger partial charge in [0.2, 0.25) is 15.6 Å². The first-order chi connectivity index (χ1) is 8.58. The van der Waals surface area contributed by atoms with Crippen molar-refractivity contribution in [3.63, 3.8) is 0 Å². The molecule has 2 aromatic heterocycles. The number of H-pyrrole nitrogens is 1. The van der Waals surface area contributed by atoms with Crippen molar-refractivity contribution in [2.45, 2.75) is 11.4 Å². The molecule has 0 aromatic carbocycles. The Balaban J connectivity index is 2.13. The predicted molar refractivity (Wildman–Crippen MR) is 65.3 cm³/mol. The van der Waals surface area contributed by atoms with Crippen LogP contribution in [0.2, 0.25) is 0 Å². The van der Waals surface area contributed by atoms with E-state index in [4.69, 9.17) is 0 Å². The Morgan fingerprint density at radius 1 is 1.22 bits per heavy atom. The van der Waals surface area contributed by atoms with E-state index in [1.165, 1.54) is 6.07 Å². The minimum atomic E-state index is -3.64. The van der Waals surface area contributed by atoms with E-state index in [-0.39, 0.29) is 17.0 Å². The molecule has 2 rings (SSSR count). The fraction of sp³-hybridized carbons (Fsp3) is 0.0909. The minimum absolute atomic E-state index is 0.0121. The molecule has 0 aliphatic heterocycles. The first-order valence-corrected chi connectivity index (χ1v) is 6.64. The van der Waals surface area contributed by atoms with Gasteiger partial charge in [-0.25, -0.2) is 13.1 Å². The third-order valence-corrected chi connectivity index (χ3v) is 3.63. The molecule has 2 N–H and O–H groups in total. The van der Waals surface area contributed by atoms with Crippen LogP contribution in [0.15, 0.2) is 52.4 Å². The van der Waals surface area contributed by atoms with E-state index in [0.29, 0.717) is 5.69 Å². The Labute approximate surface area is 104 Å². The highest BCUT2D eigenvalue weighted by molar-refractivity contribution is 7.89. The van der Waals surface area contributed by atoms with Gasteiger partial charge in [-0.05, 0) is 18.2 Å². The zero-order valence-electron chi connectivity index (χ0n) is 9.33. The Morgan fingerprint density at radius 2 is 2.06 bits per heavy atom. The molecule has 94 valence electrons. The lowest BCUT2D eigenvalue weighted by Crippen LogP contribution is -2.24. The minimum Gasteiger partial charge on any atom is -0.328 e. The molecular formula is C11H11N3O3S. The molecule has 2 heterocycles. The summed E-state index contributed by atoms with van der Waals surface area (Å²) in [4.78, 5) is 17.2. The van der Waals surface area contributed by atoms with E-state index < -0.39 is 10.0 Å². The number of aromatic amines is 1. The van der Waals surface area contributed by atoms with E-state index in [1.54, 1.807) is 24.4 Å². The van der Waals surface area contributed by atoms with Crippen LogP contribution in [-0.2, 0) is 16.6 Å². The summed E-state index contributed by atoms with van der Waals surface area (Å²) in [5.41, 5.74) is 0.268. The van der Waals surface area contributed by atoms with Crippen molar-refractivity contribution in [2.24, 2.45) is 0 Å². The van der Waals surface area contributed by atoms with Crippen molar-refractivity contribution < 1.29 is 8.42 Å². The molecule has 0 amide bonds. The van der Waals surface area contributed by atoms with Crippen molar-refractivity contribution >= 4 is 10.0 Å². The number of nitrogens with zero attached hydrogens (tertiary/aromatic N) is 1. The Morgan fingerprint density at radius 3 is 2.67 bits per heavy atom. The molecule has 0 atom stereocenters. The molecular weight excluding hydrogens is 254 g/mol. The summed E-state index contributed by atoms with van der Waals surface area (Å²) < 4.78 is 26.1. The Kier molecular flexibility index (Phi) is 3.54. The van der Waals surface area contributed by atoms with Gasteiger partial charge in [0, 0.05) is 18.5 Å². The highest BCUT2D eigenvalue weighted by Crippen LogP contribution is 2.05. The van der Waals surface area contributed by atoms with Crippen molar-refractivity contribution in [2.75, 3.05) is 0 Å². The Bertz CT molecular complexity index is 660. The van der Waals surface area contributed by atoms with Gasteiger partial charge in [0.1, 0.15) is 0 Å². The Hall–Kier alpha value is -1.99. The second-order valence-electron chi connectivity index (χ2n) is 3.53. The second kappa shape index (κ2) is 5.11. The average Bonchev–Trinajstić information content (AvgIpc) is 2.38. The summed E-state index contributed by atoms with van der Waals surface area (Å²) in [6, 6.07) is 7.65. The quantitative estimate of drug-likeness (QED) is 0.828. The first kappa shape index (κ1) is 12.5. The third kappa shape index (κ3) is 3.02. The lowest BCUT2D eigenvalue weighted by molar-refractivity contribution is 0.580. The zero-order valence-corrected chi connectivity index (χ0v) is 10.1. The van der Waals surface area contributed by atoms with Crippen LogP contribution in [0.1, 0.15) is 5.69 Å². The van der Waals surface area contributed by atoms with Gasteiger partial charge in [0.05, 0.1) is 17.1 Å². The lowest BCUT2D eigenvalue weighted by Gasteiger charge is -2.05. The first-order valence-electron chi connectivity index (χ1n) is 5.16.